The number of aromatic amines is 1. The number of H-pyrrole nitrogens is 1. The fraction of sp³-hybridized carbons (Fsp3) is 0.0952. The Hall–Kier alpha value is -3.73. The average molecular weight is 458 g/mol. The van der Waals surface area contributed by atoms with E-state index in [1.165, 1.54) is 17.3 Å². The molecule has 4 aromatic rings. The van der Waals surface area contributed by atoms with E-state index in [1.807, 2.05) is 0 Å². The summed E-state index contributed by atoms with van der Waals surface area (Å²) in [6, 6.07) is 6.29. The second-order valence-corrected chi connectivity index (χ2v) is 8.52. The molecule has 160 valence electrons. The number of fused-ring (bicyclic) bond motifs is 7. The van der Waals surface area contributed by atoms with Crippen molar-refractivity contribution in [2.24, 2.45) is 0 Å². The second-order valence-electron chi connectivity index (χ2n) is 7.44. The molecule has 1 atom stereocenters. The van der Waals surface area contributed by atoms with Gasteiger partial charge in [0.15, 0.2) is 0 Å². The molecule has 2 N–H and O–H groups in total. The number of rotatable bonds is 1. The van der Waals surface area contributed by atoms with Gasteiger partial charge < -0.3 is 4.98 Å². The summed E-state index contributed by atoms with van der Waals surface area (Å²) >= 11 is 0.506. The molecular weight excluding hydrogens is 448 g/mol. The molecule has 2 aliphatic rings. The van der Waals surface area contributed by atoms with Crippen molar-refractivity contribution in [1.82, 2.24) is 15.3 Å². The van der Waals surface area contributed by atoms with Crippen LogP contribution in [0.5, 0.6) is 0 Å². The van der Waals surface area contributed by atoms with Gasteiger partial charge in [0.1, 0.15) is 16.7 Å². The lowest BCUT2D eigenvalue weighted by molar-refractivity contribution is -0.134. The van der Waals surface area contributed by atoms with Crippen LogP contribution in [-0.2, 0) is 11.0 Å². The summed E-state index contributed by atoms with van der Waals surface area (Å²) in [6.07, 6.45) is -3.04. The van der Waals surface area contributed by atoms with E-state index in [9.17, 15) is 22.8 Å². The van der Waals surface area contributed by atoms with Gasteiger partial charge in [0, 0.05) is 16.0 Å². The van der Waals surface area contributed by atoms with Gasteiger partial charge in [0.2, 0.25) is 0 Å². The number of anilines is 1. The van der Waals surface area contributed by atoms with Crippen LogP contribution in [0.2, 0.25) is 0 Å². The molecule has 2 aliphatic heterocycles. The number of carbonyl (C=O) groups excluding carboxylic acids is 2. The molecule has 4 heterocycles. The Bertz CT molecular complexity index is 1470. The van der Waals surface area contributed by atoms with Crippen LogP contribution in [0.4, 0.5) is 28.0 Å². The molecule has 0 spiro atoms. The van der Waals surface area contributed by atoms with Gasteiger partial charge in [-0.2, -0.15) is 13.2 Å². The fourth-order valence-electron chi connectivity index (χ4n) is 4.27. The Morgan fingerprint density at radius 1 is 1.06 bits per heavy atom. The molecular formula is C21H10F4N4O2S. The summed E-state index contributed by atoms with van der Waals surface area (Å²) < 4.78 is 54.6. The number of nitrogens with zero attached hydrogens (tertiary/aromatic N) is 2. The Balaban J connectivity index is 1.62. The van der Waals surface area contributed by atoms with E-state index in [0.29, 0.717) is 39.2 Å². The highest BCUT2D eigenvalue weighted by molar-refractivity contribution is 7.15. The highest BCUT2D eigenvalue weighted by Gasteiger charge is 2.47. The van der Waals surface area contributed by atoms with Crippen LogP contribution in [0, 0.1) is 5.82 Å². The molecule has 6 rings (SSSR count). The lowest BCUT2D eigenvalue weighted by Crippen LogP contribution is -2.33. The first kappa shape index (κ1) is 19.0. The number of thiophene rings is 1. The molecule has 0 aliphatic carbocycles. The van der Waals surface area contributed by atoms with Crippen molar-refractivity contribution in [1.29, 1.82) is 0 Å². The summed E-state index contributed by atoms with van der Waals surface area (Å²) in [5, 5.41) is 2.21. The normalized spacial score (nSPS) is 17.4. The summed E-state index contributed by atoms with van der Waals surface area (Å²) in [6.45, 7) is 0. The van der Waals surface area contributed by atoms with Crippen molar-refractivity contribution >= 4 is 40.0 Å². The number of hydrogen-bond donors (Lipinski definition) is 2. The fourth-order valence-corrected chi connectivity index (χ4v) is 5.13. The zero-order chi connectivity index (χ0) is 22.4. The topological polar surface area (TPSA) is 78.1 Å². The number of imidazole rings is 1. The Morgan fingerprint density at radius 3 is 2.62 bits per heavy atom. The number of imide groups is 1. The maximum atomic E-state index is 15.4. The largest absolute Gasteiger partial charge is 0.425 e. The van der Waals surface area contributed by atoms with Gasteiger partial charge in [-0.3, -0.25) is 15.0 Å². The van der Waals surface area contributed by atoms with Crippen molar-refractivity contribution in [3.05, 3.63) is 59.0 Å². The van der Waals surface area contributed by atoms with E-state index >= 15 is 4.39 Å². The third-order valence-corrected chi connectivity index (χ3v) is 6.79. The number of benzene rings is 2. The monoisotopic (exact) mass is 458 g/mol. The highest BCUT2D eigenvalue weighted by atomic mass is 32.1. The summed E-state index contributed by atoms with van der Waals surface area (Å²) in [7, 11) is 0. The molecule has 0 bridgehead atoms. The minimum absolute atomic E-state index is 0.00364. The minimum Gasteiger partial charge on any atom is -0.345 e. The third-order valence-electron chi connectivity index (χ3n) is 5.62. The van der Waals surface area contributed by atoms with Gasteiger partial charge in [-0.1, -0.05) is 0 Å². The highest BCUT2D eigenvalue weighted by Crippen LogP contribution is 2.50. The number of nitrogens with one attached hydrogen (secondary N) is 2. The number of aromatic nitrogens is 2. The number of halogens is 4. The van der Waals surface area contributed by atoms with E-state index in [1.54, 1.807) is 18.2 Å². The van der Waals surface area contributed by atoms with Crippen LogP contribution < -0.4 is 10.2 Å². The van der Waals surface area contributed by atoms with Crippen molar-refractivity contribution in [2.75, 3.05) is 4.90 Å². The zero-order valence-corrected chi connectivity index (χ0v) is 16.6. The Kier molecular flexibility index (Phi) is 3.66. The van der Waals surface area contributed by atoms with E-state index in [4.69, 9.17) is 0 Å². The second kappa shape index (κ2) is 6.16. The van der Waals surface area contributed by atoms with Crippen molar-refractivity contribution < 1.29 is 27.2 Å². The first-order chi connectivity index (χ1) is 15.2. The molecule has 2 aromatic carbocycles. The molecule has 1 saturated heterocycles. The lowest BCUT2D eigenvalue weighted by atomic mass is 9.86. The third kappa shape index (κ3) is 2.54. The van der Waals surface area contributed by atoms with E-state index in [0.717, 1.165) is 12.1 Å². The van der Waals surface area contributed by atoms with E-state index in [2.05, 4.69) is 15.3 Å². The summed E-state index contributed by atoms with van der Waals surface area (Å²) in [5.74, 6) is -1.46. The van der Waals surface area contributed by atoms with Gasteiger partial charge in [0.25, 0.3) is 5.91 Å². The Labute approximate surface area is 180 Å². The van der Waals surface area contributed by atoms with Gasteiger partial charge in [-0.15, -0.1) is 11.3 Å². The predicted molar refractivity (Wildman–Crippen MR) is 109 cm³/mol. The first-order valence-corrected chi connectivity index (χ1v) is 10.2. The van der Waals surface area contributed by atoms with Gasteiger partial charge in [-0.05, 0) is 47.5 Å². The van der Waals surface area contributed by atoms with Crippen LogP contribution in [0.25, 0.3) is 32.6 Å². The van der Waals surface area contributed by atoms with Gasteiger partial charge in [0.05, 0.1) is 23.0 Å². The maximum absolute atomic E-state index is 15.4. The number of urea groups is 1. The smallest absolute Gasteiger partial charge is 0.345 e. The molecule has 11 heteroatoms. The van der Waals surface area contributed by atoms with Gasteiger partial charge in [-0.25, -0.2) is 14.2 Å². The van der Waals surface area contributed by atoms with Crippen LogP contribution in [0.3, 0.4) is 0 Å². The standard InChI is InChI=1S/C21H10F4N4O2S/c22-11-4-8(15-1-2-16(32-15)21(23,24)25)3-10-9-5-12-13(27-7-26-12)6-14(9)29-18(17(10)11)19(30)28-20(29)31/h1-7,18H,(H,26,27)(H,28,30,31). The Morgan fingerprint density at radius 2 is 1.88 bits per heavy atom. The molecule has 3 amide bonds. The van der Waals surface area contributed by atoms with Crippen molar-refractivity contribution in [3.63, 3.8) is 0 Å². The summed E-state index contributed by atoms with van der Waals surface area (Å²) in [5.41, 5.74) is 2.57. The molecule has 1 unspecified atom stereocenters. The summed E-state index contributed by atoms with van der Waals surface area (Å²) in [4.78, 5) is 32.8. The van der Waals surface area contributed by atoms with E-state index in [-0.39, 0.29) is 16.0 Å². The molecule has 6 nitrogen and oxygen atoms in total. The average Bonchev–Trinajstić information content (AvgIpc) is 3.45. The van der Waals surface area contributed by atoms with Crippen molar-refractivity contribution in [2.45, 2.75) is 12.2 Å². The first-order valence-electron chi connectivity index (χ1n) is 9.35. The minimum atomic E-state index is -4.50. The number of alkyl halides is 3. The molecule has 2 aromatic heterocycles. The maximum Gasteiger partial charge on any atom is 0.425 e. The molecule has 1 fully saturated rings. The van der Waals surface area contributed by atoms with Crippen LogP contribution in [-0.4, -0.2) is 21.9 Å². The molecule has 0 radical (unpaired) electrons. The van der Waals surface area contributed by atoms with Crippen LogP contribution >= 0.6 is 11.3 Å². The number of hydrogen-bond acceptors (Lipinski definition) is 4. The SMILES string of the molecule is O=C1NC(=O)N2c3cc4nc[nH]c4cc3-c3cc(-c4ccc(C(F)(F)F)s4)cc(F)c3C12. The predicted octanol–water partition coefficient (Wildman–Crippen LogP) is 5.23. The molecule has 0 saturated carbocycles. The number of carbonyl (C=O) groups is 2. The van der Waals surface area contributed by atoms with Crippen molar-refractivity contribution in [3.8, 4) is 21.6 Å². The quantitative estimate of drug-likeness (QED) is 0.303. The van der Waals surface area contributed by atoms with E-state index < -0.39 is 34.9 Å². The lowest BCUT2D eigenvalue weighted by Gasteiger charge is -2.32. The molecule has 32 heavy (non-hydrogen) atoms. The number of amides is 3. The van der Waals surface area contributed by atoms with Gasteiger partial charge >= 0.3 is 12.2 Å². The zero-order valence-electron chi connectivity index (χ0n) is 15.7. The van der Waals surface area contributed by atoms with Crippen LogP contribution in [0.15, 0.2) is 42.7 Å². The van der Waals surface area contributed by atoms with Crippen LogP contribution in [0.1, 0.15) is 16.5 Å².